The number of nitrogens with two attached hydrogens (primary N) is 1. The number of sulfonamides is 1. The molecule has 5 heteroatoms. The molecule has 2 rings (SSSR count). The van der Waals surface area contributed by atoms with E-state index >= 15 is 0 Å². The van der Waals surface area contributed by atoms with Crippen molar-refractivity contribution in [2.75, 3.05) is 4.72 Å². The zero-order chi connectivity index (χ0) is 15.6. The van der Waals surface area contributed by atoms with Crippen molar-refractivity contribution in [2.24, 2.45) is 5.73 Å². The minimum Gasteiger partial charge on any atom is -0.326 e. The molecule has 0 fully saturated rings. The zero-order valence-electron chi connectivity index (χ0n) is 12.5. The molecule has 4 nitrogen and oxygen atoms in total. The first-order valence-corrected chi connectivity index (χ1v) is 8.21. The van der Waals surface area contributed by atoms with E-state index in [1.54, 1.807) is 18.2 Å². The van der Waals surface area contributed by atoms with Crippen LogP contribution >= 0.6 is 0 Å². The van der Waals surface area contributed by atoms with Gasteiger partial charge in [0.25, 0.3) is 10.0 Å². The lowest BCUT2D eigenvalue weighted by atomic mass is 10.1. The topological polar surface area (TPSA) is 72.2 Å². The summed E-state index contributed by atoms with van der Waals surface area (Å²) in [5, 5.41) is 0. The first-order chi connectivity index (χ1) is 9.83. The lowest BCUT2D eigenvalue weighted by Crippen LogP contribution is -2.14. The van der Waals surface area contributed by atoms with Crippen molar-refractivity contribution >= 4 is 15.7 Å². The molecule has 0 bridgehead atoms. The van der Waals surface area contributed by atoms with Crippen LogP contribution in [0, 0.1) is 20.8 Å². The highest BCUT2D eigenvalue weighted by Crippen LogP contribution is 2.22. The standard InChI is InChI=1S/C16H20N2O2S/c1-11-5-7-15(8-13(11)3)21(19,20)18-16-9-14(10-17)6-4-12(16)2/h4-9,18H,10,17H2,1-3H3. The zero-order valence-corrected chi connectivity index (χ0v) is 13.3. The van der Waals surface area contributed by atoms with E-state index in [2.05, 4.69) is 4.72 Å². The van der Waals surface area contributed by atoms with Crippen LogP contribution in [0.4, 0.5) is 5.69 Å². The highest BCUT2D eigenvalue weighted by Gasteiger charge is 2.16. The molecule has 0 radical (unpaired) electrons. The molecule has 21 heavy (non-hydrogen) atoms. The summed E-state index contributed by atoms with van der Waals surface area (Å²) in [7, 11) is -3.59. The molecule has 0 aromatic heterocycles. The summed E-state index contributed by atoms with van der Waals surface area (Å²) in [6.45, 7) is 6.08. The molecular weight excluding hydrogens is 284 g/mol. The maximum absolute atomic E-state index is 12.5. The summed E-state index contributed by atoms with van der Waals surface area (Å²) in [5.41, 5.74) is 9.93. The van der Waals surface area contributed by atoms with Crippen molar-refractivity contribution in [3.63, 3.8) is 0 Å². The van der Waals surface area contributed by atoms with Gasteiger partial charge >= 0.3 is 0 Å². The SMILES string of the molecule is Cc1ccc(S(=O)(=O)Nc2cc(CN)ccc2C)cc1C. The fraction of sp³-hybridized carbons (Fsp3) is 0.250. The second-order valence-corrected chi connectivity index (χ2v) is 6.89. The second-order valence-electron chi connectivity index (χ2n) is 5.20. The van der Waals surface area contributed by atoms with Gasteiger partial charge in [0, 0.05) is 6.54 Å². The van der Waals surface area contributed by atoms with Crippen molar-refractivity contribution in [3.05, 3.63) is 58.7 Å². The normalized spacial score (nSPS) is 11.4. The van der Waals surface area contributed by atoms with E-state index in [0.717, 1.165) is 22.3 Å². The Labute approximate surface area is 126 Å². The molecule has 2 aromatic carbocycles. The van der Waals surface area contributed by atoms with Gasteiger partial charge in [0.05, 0.1) is 10.6 Å². The largest absolute Gasteiger partial charge is 0.326 e. The molecule has 112 valence electrons. The minimum atomic E-state index is -3.59. The van der Waals surface area contributed by atoms with E-state index in [-0.39, 0.29) is 4.90 Å². The van der Waals surface area contributed by atoms with Crippen LogP contribution < -0.4 is 10.5 Å². The van der Waals surface area contributed by atoms with Gasteiger partial charge in [0.15, 0.2) is 0 Å². The minimum absolute atomic E-state index is 0.267. The molecule has 0 saturated carbocycles. The van der Waals surface area contributed by atoms with Gasteiger partial charge in [0.2, 0.25) is 0 Å². The summed E-state index contributed by atoms with van der Waals surface area (Å²) in [6, 6.07) is 10.6. The van der Waals surface area contributed by atoms with Crippen LogP contribution in [0.25, 0.3) is 0 Å². The van der Waals surface area contributed by atoms with E-state index in [4.69, 9.17) is 5.73 Å². The van der Waals surface area contributed by atoms with E-state index in [1.165, 1.54) is 0 Å². The van der Waals surface area contributed by atoms with E-state index in [1.807, 2.05) is 39.0 Å². The number of nitrogens with one attached hydrogen (secondary N) is 1. The van der Waals surface area contributed by atoms with Gasteiger partial charge in [-0.25, -0.2) is 8.42 Å². The summed E-state index contributed by atoms with van der Waals surface area (Å²) in [4.78, 5) is 0.267. The highest BCUT2D eigenvalue weighted by atomic mass is 32.2. The van der Waals surface area contributed by atoms with Crippen molar-refractivity contribution < 1.29 is 8.42 Å². The molecule has 0 heterocycles. The fourth-order valence-electron chi connectivity index (χ4n) is 1.99. The van der Waals surface area contributed by atoms with Gasteiger partial charge in [-0.15, -0.1) is 0 Å². The van der Waals surface area contributed by atoms with Crippen molar-refractivity contribution in [1.82, 2.24) is 0 Å². The van der Waals surface area contributed by atoms with Crippen LogP contribution in [0.1, 0.15) is 22.3 Å². The molecule has 2 aromatic rings. The Morgan fingerprint density at radius 3 is 2.24 bits per heavy atom. The lowest BCUT2D eigenvalue weighted by Gasteiger charge is -2.13. The molecule has 3 N–H and O–H groups in total. The fourth-order valence-corrected chi connectivity index (χ4v) is 3.20. The molecule has 0 spiro atoms. The molecule has 0 aliphatic rings. The van der Waals surface area contributed by atoms with Crippen molar-refractivity contribution in [3.8, 4) is 0 Å². The van der Waals surface area contributed by atoms with Gasteiger partial charge in [-0.1, -0.05) is 18.2 Å². The summed E-state index contributed by atoms with van der Waals surface area (Å²) < 4.78 is 27.6. The molecule has 0 atom stereocenters. The number of hydrogen-bond donors (Lipinski definition) is 2. The van der Waals surface area contributed by atoms with Gasteiger partial charge < -0.3 is 5.73 Å². The van der Waals surface area contributed by atoms with E-state index < -0.39 is 10.0 Å². The van der Waals surface area contributed by atoms with E-state index in [0.29, 0.717) is 12.2 Å². The molecule has 0 saturated heterocycles. The van der Waals surface area contributed by atoms with Gasteiger partial charge in [0.1, 0.15) is 0 Å². The maximum atomic E-state index is 12.5. The van der Waals surface area contributed by atoms with Crippen molar-refractivity contribution in [2.45, 2.75) is 32.2 Å². The quantitative estimate of drug-likeness (QED) is 0.912. The Morgan fingerprint density at radius 2 is 1.62 bits per heavy atom. The van der Waals surface area contributed by atoms with Crippen LogP contribution in [-0.2, 0) is 16.6 Å². The first kappa shape index (κ1) is 15.5. The third-order valence-corrected chi connectivity index (χ3v) is 4.93. The number of hydrogen-bond acceptors (Lipinski definition) is 3. The monoisotopic (exact) mass is 304 g/mol. The predicted octanol–water partition coefficient (Wildman–Crippen LogP) is 2.87. The number of anilines is 1. The van der Waals surface area contributed by atoms with Crippen LogP contribution in [0.15, 0.2) is 41.3 Å². The smallest absolute Gasteiger partial charge is 0.261 e. The van der Waals surface area contributed by atoms with Crippen LogP contribution in [0.3, 0.4) is 0 Å². The van der Waals surface area contributed by atoms with Gasteiger partial charge in [-0.3, -0.25) is 4.72 Å². The van der Waals surface area contributed by atoms with Crippen molar-refractivity contribution in [1.29, 1.82) is 0 Å². The summed E-state index contributed by atoms with van der Waals surface area (Å²) in [5.74, 6) is 0. The Kier molecular flexibility index (Phi) is 4.34. The van der Waals surface area contributed by atoms with Crippen LogP contribution in [0.5, 0.6) is 0 Å². The number of rotatable bonds is 4. The molecular formula is C16H20N2O2S. The highest BCUT2D eigenvalue weighted by molar-refractivity contribution is 7.92. The predicted molar refractivity (Wildman–Crippen MR) is 85.8 cm³/mol. The average Bonchev–Trinajstić information content (AvgIpc) is 2.44. The third-order valence-electron chi connectivity index (χ3n) is 3.57. The summed E-state index contributed by atoms with van der Waals surface area (Å²) in [6.07, 6.45) is 0. The Bertz CT molecular complexity index is 768. The molecule has 0 aliphatic heterocycles. The molecule has 0 amide bonds. The number of benzene rings is 2. The lowest BCUT2D eigenvalue weighted by molar-refractivity contribution is 0.601. The maximum Gasteiger partial charge on any atom is 0.261 e. The van der Waals surface area contributed by atoms with E-state index in [9.17, 15) is 8.42 Å². The molecule has 0 unspecified atom stereocenters. The summed E-state index contributed by atoms with van der Waals surface area (Å²) >= 11 is 0. The first-order valence-electron chi connectivity index (χ1n) is 6.73. The Hall–Kier alpha value is -1.85. The van der Waals surface area contributed by atoms with Gasteiger partial charge in [-0.2, -0.15) is 0 Å². The second kappa shape index (κ2) is 5.87. The Balaban J connectivity index is 2.39. The Morgan fingerprint density at radius 1 is 0.952 bits per heavy atom. The number of aryl methyl sites for hydroxylation is 3. The molecule has 0 aliphatic carbocycles. The van der Waals surface area contributed by atoms with Crippen LogP contribution in [-0.4, -0.2) is 8.42 Å². The average molecular weight is 304 g/mol. The van der Waals surface area contributed by atoms with Gasteiger partial charge in [-0.05, 0) is 61.2 Å². The third kappa shape index (κ3) is 3.43. The van der Waals surface area contributed by atoms with Crippen LogP contribution in [0.2, 0.25) is 0 Å².